The number of nitrogens with one attached hydrogen (secondary N) is 1. The molecule has 1 aromatic rings. The van der Waals surface area contributed by atoms with E-state index in [2.05, 4.69) is 34.2 Å². The molecule has 84 valence electrons. The molecule has 1 fully saturated rings. The van der Waals surface area contributed by atoms with E-state index in [4.69, 9.17) is 0 Å². The molecular formula is C13H15BrN2. The predicted octanol–water partition coefficient (Wildman–Crippen LogP) is 3.94. The quantitative estimate of drug-likeness (QED) is 0.906. The fraction of sp³-hybridized carbons (Fsp3) is 0.462. The Morgan fingerprint density at radius 1 is 1.56 bits per heavy atom. The van der Waals surface area contributed by atoms with Gasteiger partial charge < -0.3 is 5.32 Å². The van der Waals surface area contributed by atoms with Gasteiger partial charge in [0, 0.05) is 10.2 Å². The molecule has 1 aromatic carbocycles. The normalized spacial score (nSPS) is 18.6. The van der Waals surface area contributed by atoms with Crippen LogP contribution in [0.3, 0.4) is 0 Å². The monoisotopic (exact) mass is 278 g/mol. The number of nitriles is 1. The molecule has 0 saturated heterocycles. The Morgan fingerprint density at radius 2 is 2.31 bits per heavy atom. The summed E-state index contributed by atoms with van der Waals surface area (Å²) in [6.07, 6.45) is 3.19. The van der Waals surface area contributed by atoms with Gasteiger partial charge in [0.2, 0.25) is 0 Å². The van der Waals surface area contributed by atoms with Crippen molar-refractivity contribution in [1.82, 2.24) is 0 Å². The van der Waals surface area contributed by atoms with Crippen LogP contribution in [0.5, 0.6) is 0 Å². The smallest absolute Gasteiger partial charge is 0.127 e. The molecule has 1 unspecified atom stereocenters. The van der Waals surface area contributed by atoms with E-state index in [9.17, 15) is 5.26 Å². The number of rotatable bonds is 4. The molecule has 1 N–H and O–H groups in total. The summed E-state index contributed by atoms with van der Waals surface area (Å²) in [5, 5.41) is 12.8. The molecule has 3 heteroatoms. The van der Waals surface area contributed by atoms with Crippen LogP contribution < -0.4 is 5.32 Å². The van der Waals surface area contributed by atoms with Crippen LogP contribution in [0, 0.1) is 17.2 Å². The maximum Gasteiger partial charge on any atom is 0.127 e. The maximum atomic E-state index is 9.39. The molecule has 0 bridgehead atoms. The molecule has 0 aromatic heterocycles. The van der Waals surface area contributed by atoms with Crippen molar-refractivity contribution >= 4 is 21.6 Å². The van der Waals surface area contributed by atoms with Crippen molar-refractivity contribution < 1.29 is 0 Å². The zero-order valence-electron chi connectivity index (χ0n) is 9.33. The van der Waals surface area contributed by atoms with E-state index in [1.165, 1.54) is 12.8 Å². The SMILES string of the molecule is CCC(C#N)(Nc1cccc(Br)c1)C1CC1. The summed E-state index contributed by atoms with van der Waals surface area (Å²) in [6.45, 7) is 2.08. The highest BCUT2D eigenvalue weighted by Gasteiger charge is 2.44. The van der Waals surface area contributed by atoms with Crippen LogP contribution in [0.25, 0.3) is 0 Å². The number of benzene rings is 1. The topological polar surface area (TPSA) is 35.8 Å². The third kappa shape index (κ3) is 2.22. The summed E-state index contributed by atoms with van der Waals surface area (Å²) in [5.41, 5.74) is 0.644. The van der Waals surface area contributed by atoms with Crippen LogP contribution >= 0.6 is 15.9 Å². The summed E-state index contributed by atoms with van der Waals surface area (Å²) in [6, 6.07) is 10.5. The fourth-order valence-corrected chi connectivity index (χ4v) is 2.48. The summed E-state index contributed by atoms with van der Waals surface area (Å²) in [7, 11) is 0. The summed E-state index contributed by atoms with van der Waals surface area (Å²) < 4.78 is 1.04. The average Bonchev–Trinajstić information content (AvgIpc) is 3.10. The van der Waals surface area contributed by atoms with Crippen molar-refractivity contribution in [2.45, 2.75) is 31.7 Å². The van der Waals surface area contributed by atoms with Gasteiger partial charge in [0.25, 0.3) is 0 Å². The molecule has 0 radical (unpaired) electrons. The molecular weight excluding hydrogens is 264 g/mol. The molecule has 1 atom stereocenters. The Balaban J connectivity index is 2.21. The van der Waals surface area contributed by atoms with Gasteiger partial charge in [-0.2, -0.15) is 5.26 Å². The van der Waals surface area contributed by atoms with Crippen molar-refractivity contribution in [3.63, 3.8) is 0 Å². The number of hydrogen-bond acceptors (Lipinski definition) is 2. The van der Waals surface area contributed by atoms with Gasteiger partial charge in [-0.25, -0.2) is 0 Å². The van der Waals surface area contributed by atoms with Crippen molar-refractivity contribution in [1.29, 1.82) is 5.26 Å². The van der Waals surface area contributed by atoms with Crippen LogP contribution in [0.15, 0.2) is 28.7 Å². The molecule has 1 aliphatic rings. The van der Waals surface area contributed by atoms with Crippen molar-refractivity contribution in [2.24, 2.45) is 5.92 Å². The van der Waals surface area contributed by atoms with Crippen LogP contribution in [0.1, 0.15) is 26.2 Å². The highest BCUT2D eigenvalue weighted by atomic mass is 79.9. The molecule has 2 nitrogen and oxygen atoms in total. The molecule has 0 spiro atoms. The zero-order chi connectivity index (χ0) is 11.6. The van der Waals surface area contributed by atoms with Gasteiger partial charge in [-0.1, -0.05) is 28.9 Å². The second kappa shape index (κ2) is 4.47. The number of hydrogen-bond donors (Lipinski definition) is 1. The lowest BCUT2D eigenvalue weighted by Crippen LogP contribution is -2.38. The van der Waals surface area contributed by atoms with Crippen LogP contribution in [-0.2, 0) is 0 Å². The van der Waals surface area contributed by atoms with E-state index in [1.54, 1.807) is 0 Å². The Kier molecular flexibility index (Phi) is 3.20. The zero-order valence-corrected chi connectivity index (χ0v) is 10.9. The van der Waals surface area contributed by atoms with Crippen LogP contribution in [0.2, 0.25) is 0 Å². The lowest BCUT2D eigenvalue weighted by Gasteiger charge is -2.27. The minimum Gasteiger partial charge on any atom is -0.367 e. The van der Waals surface area contributed by atoms with Crippen molar-refractivity contribution in [3.05, 3.63) is 28.7 Å². The maximum absolute atomic E-state index is 9.39. The first-order valence-electron chi connectivity index (χ1n) is 5.65. The molecule has 0 amide bonds. The Labute approximate surface area is 105 Å². The van der Waals surface area contributed by atoms with E-state index < -0.39 is 0 Å². The Morgan fingerprint density at radius 3 is 2.81 bits per heavy atom. The van der Waals surface area contributed by atoms with E-state index in [1.807, 2.05) is 24.3 Å². The van der Waals surface area contributed by atoms with Gasteiger partial charge >= 0.3 is 0 Å². The molecule has 0 heterocycles. The first kappa shape index (κ1) is 11.5. The van der Waals surface area contributed by atoms with E-state index in [0.29, 0.717) is 5.92 Å². The highest BCUT2D eigenvalue weighted by Crippen LogP contribution is 2.43. The number of anilines is 1. The third-order valence-electron chi connectivity index (χ3n) is 3.22. The highest BCUT2D eigenvalue weighted by molar-refractivity contribution is 9.10. The first-order chi connectivity index (χ1) is 7.70. The molecule has 16 heavy (non-hydrogen) atoms. The van der Waals surface area contributed by atoms with Gasteiger partial charge in [-0.15, -0.1) is 0 Å². The van der Waals surface area contributed by atoms with Crippen LogP contribution in [0.4, 0.5) is 5.69 Å². The van der Waals surface area contributed by atoms with Gasteiger partial charge in [-0.05, 0) is 43.4 Å². The van der Waals surface area contributed by atoms with Crippen molar-refractivity contribution in [3.8, 4) is 6.07 Å². The number of nitrogens with zero attached hydrogens (tertiary/aromatic N) is 1. The largest absolute Gasteiger partial charge is 0.367 e. The first-order valence-corrected chi connectivity index (χ1v) is 6.44. The van der Waals surface area contributed by atoms with Gasteiger partial charge in [0.05, 0.1) is 6.07 Å². The summed E-state index contributed by atoms with van der Waals surface area (Å²) in [4.78, 5) is 0. The van der Waals surface area contributed by atoms with E-state index in [-0.39, 0.29) is 5.54 Å². The molecule has 0 aliphatic heterocycles. The van der Waals surface area contributed by atoms with E-state index in [0.717, 1.165) is 16.6 Å². The van der Waals surface area contributed by atoms with E-state index >= 15 is 0 Å². The second-order valence-electron chi connectivity index (χ2n) is 4.35. The summed E-state index contributed by atoms with van der Waals surface area (Å²) in [5.74, 6) is 0.515. The molecule has 1 saturated carbocycles. The van der Waals surface area contributed by atoms with Gasteiger partial charge in [-0.3, -0.25) is 0 Å². The fourth-order valence-electron chi connectivity index (χ4n) is 2.08. The van der Waals surface area contributed by atoms with Crippen LogP contribution in [-0.4, -0.2) is 5.54 Å². The summed E-state index contributed by atoms with van der Waals surface area (Å²) >= 11 is 3.44. The lowest BCUT2D eigenvalue weighted by molar-refractivity contribution is 0.499. The standard InChI is InChI=1S/C13H15BrN2/c1-2-13(9-15,10-6-7-10)16-12-5-3-4-11(14)8-12/h3-5,8,10,16H,2,6-7H2,1H3. The Bertz CT molecular complexity index is 420. The average molecular weight is 279 g/mol. The Hall–Kier alpha value is -1.01. The predicted molar refractivity (Wildman–Crippen MR) is 69.1 cm³/mol. The minimum atomic E-state index is -0.374. The van der Waals surface area contributed by atoms with Crippen molar-refractivity contribution in [2.75, 3.05) is 5.32 Å². The number of halogens is 1. The molecule has 2 rings (SSSR count). The third-order valence-corrected chi connectivity index (χ3v) is 3.72. The van der Waals surface area contributed by atoms with Gasteiger partial charge in [0.1, 0.15) is 5.54 Å². The van der Waals surface area contributed by atoms with Gasteiger partial charge in [0.15, 0.2) is 0 Å². The minimum absolute atomic E-state index is 0.374. The molecule has 1 aliphatic carbocycles. The second-order valence-corrected chi connectivity index (χ2v) is 5.26. The lowest BCUT2D eigenvalue weighted by atomic mass is 9.91.